The monoisotopic (exact) mass is 526 g/mol. The summed E-state index contributed by atoms with van der Waals surface area (Å²) in [5, 5.41) is 7.97. The predicted octanol–water partition coefficient (Wildman–Crippen LogP) is 5.41. The third-order valence-electron chi connectivity index (χ3n) is 5.97. The first-order chi connectivity index (χ1) is 15.9. The van der Waals surface area contributed by atoms with E-state index in [1.807, 2.05) is 14.1 Å². The van der Waals surface area contributed by atoms with Crippen LogP contribution >= 0.6 is 12.2 Å². The molecule has 12 heteroatoms. The summed E-state index contributed by atoms with van der Waals surface area (Å²) >= 11 is 5.17. The molecule has 0 saturated heterocycles. The topological polar surface area (TPSA) is 56.4 Å². The van der Waals surface area contributed by atoms with E-state index in [0.29, 0.717) is 12.1 Å². The Bertz CT molecular complexity index is 878. The summed E-state index contributed by atoms with van der Waals surface area (Å²) in [5.41, 5.74) is -4.08. The summed E-state index contributed by atoms with van der Waals surface area (Å²) in [4.78, 5) is 15.3. The van der Waals surface area contributed by atoms with Crippen molar-refractivity contribution >= 4 is 28.9 Å². The van der Waals surface area contributed by atoms with E-state index in [-0.39, 0.29) is 29.2 Å². The second-order valence-electron chi connectivity index (χ2n) is 10.1. The van der Waals surface area contributed by atoms with Gasteiger partial charge in [-0.05, 0) is 62.8 Å². The standard InChI is InChI=1S/C23H32F6N4OS/c1-21(2,3)18(19(34)31-16-8-6-7-9-17(16)33(4)5)32-20(35)30-15-11-13(22(24,25)26)10-14(12-15)23(27,28)29/h10-12,16-18H,6-9H2,1-5H3,(H,31,34)(H2,30,32,35)/t16-,17-,18?/m0/s1. The van der Waals surface area contributed by atoms with E-state index in [1.54, 1.807) is 20.8 Å². The molecule has 35 heavy (non-hydrogen) atoms. The molecule has 2 rings (SSSR count). The number of alkyl halides is 6. The Balaban J connectivity index is 2.22. The van der Waals surface area contributed by atoms with Crippen LogP contribution in [0.15, 0.2) is 18.2 Å². The number of nitrogens with one attached hydrogen (secondary N) is 3. The van der Waals surface area contributed by atoms with Crippen LogP contribution < -0.4 is 16.0 Å². The zero-order chi connectivity index (χ0) is 26.8. The molecule has 1 fully saturated rings. The Labute approximate surface area is 207 Å². The van der Waals surface area contributed by atoms with Crippen molar-refractivity contribution in [2.75, 3.05) is 19.4 Å². The van der Waals surface area contributed by atoms with Crippen LogP contribution in [0.3, 0.4) is 0 Å². The average molecular weight is 527 g/mol. The van der Waals surface area contributed by atoms with Gasteiger partial charge in [0, 0.05) is 17.8 Å². The number of hydrogen-bond donors (Lipinski definition) is 3. The van der Waals surface area contributed by atoms with Gasteiger partial charge in [-0.2, -0.15) is 26.3 Å². The number of halogens is 6. The lowest BCUT2D eigenvalue weighted by Crippen LogP contribution is -2.59. The van der Waals surface area contributed by atoms with Crippen molar-refractivity contribution in [2.24, 2.45) is 5.41 Å². The fourth-order valence-electron chi connectivity index (χ4n) is 4.16. The lowest BCUT2D eigenvalue weighted by Gasteiger charge is -2.39. The maximum Gasteiger partial charge on any atom is 0.416 e. The Kier molecular flexibility index (Phi) is 9.08. The smallest absolute Gasteiger partial charge is 0.350 e. The number of benzene rings is 1. The highest BCUT2D eigenvalue weighted by molar-refractivity contribution is 7.80. The van der Waals surface area contributed by atoms with Crippen molar-refractivity contribution in [3.05, 3.63) is 29.3 Å². The summed E-state index contributed by atoms with van der Waals surface area (Å²) in [6, 6.07) is 0.304. The lowest BCUT2D eigenvalue weighted by molar-refractivity contribution is -0.143. The van der Waals surface area contributed by atoms with Gasteiger partial charge in [-0.15, -0.1) is 0 Å². The first-order valence-corrected chi connectivity index (χ1v) is 11.6. The highest BCUT2D eigenvalue weighted by Crippen LogP contribution is 2.37. The molecule has 0 bridgehead atoms. The first kappa shape index (κ1) is 29.2. The summed E-state index contributed by atoms with van der Waals surface area (Å²) in [6.45, 7) is 5.34. The molecule has 5 nitrogen and oxygen atoms in total. The third kappa shape index (κ3) is 8.23. The van der Waals surface area contributed by atoms with Crippen molar-refractivity contribution in [2.45, 2.75) is 76.9 Å². The van der Waals surface area contributed by atoms with E-state index < -0.39 is 40.6 Å². The minimum Gasteiger partial charge on any atom is -0.350 e. The largest absolute Gasteiger partial charge is 0.416 e. The molecule has 1 aromatic carbocycles. The summed E-state index contributed by atoms with van der Waals surface area (Å²) < 4.78 is 78.9. The molecule has 198 valence electrons. The molecule has 1 saturated carbocycles. The van der Waals surface area contributed by atoms with E-state index in [4.69, 9.17) is 12.2 Å². The maximum atomic E-state index is 13.2. The van der Waals surface area contributed by atoms with E-state index in [1.165, 1.54) is 0 Å². The Morgan fingerprint density at radius 2 is 1.49 bits per heavy atom. The quantitative estimate of drug-likeness (QED) is 0.354. The van der Waals surface area contributed by atoms with Crippen LogP contribution in [0.25, 0.3) is 0 Å². The van der Waals surface area contributed by atoms with Gasteiger partial charge in [0.15, 0.2) is 5.11 Å². The molecule has 0 aliphatic heterocycles. The molecule has 0 radical (unpaired) electrons. The summed E-state index contributed by atoms with van der Waals surface area (Å²) in [7, 11) is 3.88. The SMILES string of the molecule is CN(C)[C@H]1CCCC[C@@H]1NC(=O)C(NC(=S)Nc1cc(C(F)(F)F)cc(C(F)(F)F)c1)C(C)(C)C. The van der Waals surface area contributed by atoms with Gasteiger partial charge in [0.25, 0.3) is 0 Å². The van der Waals surface area contributed by atoms with Crippen molar-refractivity contribution in [3.8, 4) is 0 Å². The molecular weight excluding hydrogens is 494 g/mol. The van der Waals surface area contributed by atoms with Gasteiger partial charge in [-0.3, -0.25) is 4.79 Å². The number of nitrogens with zero attached hydrogens (tertiary/aromatic N) is 1. The Morgan fingerprint density at radius 3 is 1.94 bits per heavy atom. The molecular formula is C23H32F6N4OS. The van der Waals surface area contributed by atoms with Crippen LogP contribution in [0.1, 0.15) is 57.6 Å². The number of carbonyl (C=O) groups is 1. The average Bonchev–Trinajstić information content (AvgIpc) is 2.69. The van der Waals surface area contributed by atoms with Crippen molar-refractivity contribution in [3.63, 3.8) is 0 Å². The van der Waals surface area contributed by atoms with Gasteiger partial charge in [-0.1, -0.05) is 33.6 Å². The highest BCUT2D eigenvalue weighted by Gasteiger charge is 2.38. The number of anilines is 1. The second kappa shape index (κ2) is 10.9. The molecule has 0 aromatic heterocycles. The molecule has 1 aliphatic carbocycles. The summed E-state index contributed by atoms with van der Waals surface area (Å²) in [5.74, 6) is -0.347. The number of rotatable bonds is 5. The molecule has 0 heterocycles. The van der Waals surface area contributed by atoms with E-state index in [0.717, 1.165) is 25.7 Å². The van der Waals surface area contributed by atoms with Gasteiger partial charge in [0.1, 0.15) is 6.04 Å². The van der Waals surface area contributed by atoms with Gasteiger partial charge < -0.3 is 20.9 Å². The zero-order valence-corrected chi connectivity index (χ0v) is 21.1. The minimum absolute atomic E-state index is 0.0401. The van der Waals surface area contributed by atoms with Crippen LogP contribution in [-0.4, -0.2) is 48.1 Å². The third-order valence-corrected chi connectivity index (χ3v) is 6.19. The zero-order valence-electron chi connectivity index (χ0n) is 20.3. The van der Waals surface area contributed by atoms with E-state index in [2.05, 4.69) is 20.9 Å². The molecule has 1 aliphatic rings. The molecule has 1 aromatic rings. The maximum absolute atomic E-state index is 13.2. The lowest BCUT2D eigenvalue weighted by atomic mass is 9.84. The second-order valence-corrected chi connectivity index (χ2v) is 10.5. The van der Waals surface area contributed by atoms with E-state index >= 15 is 0 Å². The normalized spacial score (nSPS) is 20.3. The van der Waals surface area contributed by atoms with Crippen LogP contribution in [0.2, 0.25) is 0 Å². The fraction of sp³-hybridized carbons (Fsp3) is 0.652. The Morgan fingerprint density at radius 1 is 0.971 bits per heavy atom. The minimum atomic E-state index is -4.98. The summed E-state index contributed by atoms with van der Waals surface area (Å²) in [6.07, 6.45) is -6.20. The highest BCUT2D eigenvalue weighted by atomic mass is 32.1. The van der Waals surface area contributed by atoms with E-state index in [9.17, 15) is 31.1 Å². The van der Waals surface area contributed by atoms with Gasteiger partial charge in [0.2, 0.25) is 5.91 Å². The first-order valence-electron chi connectivity index (χ1n) is 11.2. The number of likely N-dealkylation sites (N-methyl/N-ethyl adjacent to an activating group) is 1. The number of hydrogen-bond acceptors (Lipinski definition) is 3. The van der Waals surface area contributed by atoms with Crippen molar-refractivity contribution in [1.82, 2.24) is 15.5 Å². The molecule has 0 spiro atoms. The Hall–Kier alpha value is -2.08. The predicted molar refractivity (Wildman–Crippen MR) is 127 cm³/mol. The molecule has 1 unspecified atom stereocenters. The molecule has 3 atom stereocenters. The number of thiocarbonyl (C=S) groups is 1. The van der Waals surface area contributed by atoms with Gasteiger partial charge in [-0.25, -0.2) is 0 Å². The van der Waals surface area contributed by atoms with Crippen LogP contribution in [0.4, 0.5) is 32.0 Å². The number of carbonyl (C=O) groups excluding carboxylic acids is 1. The van der Waals surface area contributed by atoms with Crippen molar-refractivity contribution < 1.29 is 31.1 Å². The van der Waals surface area contributed by atoms with Crippen LogP contribution in [0.5, 0.6) is 0 Å². The number of amides is 1. The van der Waals surface area contributed by atoms with Crippen molar-refractivity contribution in [1.29, 1.82) is 0 Å². The van der Waals surface area contributed by atoms with Crippen LogP contribution in [-0.2, 0) is 17.1 Å². The fourth-order valence-corrected chi connectivity index (χ4v) is 4.40. The van der Waals surface area contributed by atoms with Gasteiger partial charge >= 0.3 is 12.4 Å². The van der Waals surface area contributed by atoms with Crippen LogP contribution in [0, 0.1) is 5.41 Å². The van der Waals surface area contributed by atoms with Gasteiger partial charge in [0.05, 0.1) is 11.1 Å². The molecule has 1 amide bonds. The molecule has 3 N–H and O–H groups in total.